The van der Waals surface area contributed by atoms with Crippen LogP contribution in [0.3, 0.4) is 0 Å². The number of hydrogen-bond acceptors (Lipinski definition) is 10. The third kappa shape index (κ3) is 12.5. The monoisotopic (exact) mass is 862 g/mol. The van der Waals surface area contributed by atoms with Crippen LogP contribution in [0.1, 0.15) is 22.3 Å². The van der Waals surface area contributed by atoms with Gasteiger partial charge in [0.05, 0.1) is 27.7 Å². The van der Waals surface area contributed by atoms with Gasteiger partial charge in [0.2, 0.25) is 5.43 Å². The van der Waals surface area contributed by atoms with Crippen molar-refractivity contribution in [1.29, 1.82) is 10.5 Å². The van der Waals surface area contributed by atoms with E-state index in [1.54, 1.807) is 6.07 Å². The molecule has 0 bridgehead atoms. The van der Waals surface area contributed by atoms with E-state index in [1.807, 2.05) is 178 Å². The summed E-state index contributed by atoms with van der Waals surface area (Å²) in [5, 5.41) is 19.5. The SMILES string of the molecule is Cc1ccc(-c2cc(=O)c(C#N)c(-c3ccc(Oc4ccccc4)cc3)[nH]2)cc1.Cc1ccc(-c2cc(Cl)c(C#N)c(-c3ccc(Oc4ccccc4)cc3)n2)cc1.O=C=O.O=C=O. The van der Waals surface area contributed by atoms with E-state index in [0.29, 0.717) is 39.2 Å². The Balaban J connectivity index is 0.000000215. The number of H-pyrrole nitrogens is 1. The Morgan fingerprint density at radius 3 is 1.38 bits per heavy atom. The lowest BCUT2D eigenvalue weighted by Gasteiger charge is -2.11. The molecule has 0 amide bonds. The lowest BCUT2D eigenvalue weighted by molar-refractivity contribution is -0.193. The van der Waals surface area contributed by atoms with E-state index in [2.05, 4.69) is 11.1 Å². The van der Waals surface area contributed by atoms with Crippen LogP contribution in [0.4, 0.5) is 0 Å². The minimum Gasteiger partial charge on any atom is -0.457 e. The molecule has 0 spiro atoms. The van der Waals surface area contributed by atoms with E-state index in [9.17, 15) is 15.3 Å². The number of aromatic nitrogens is 2. The smallest absolute Gasteiger partial charge is 0.373 e. The number of aryl methyl sites for hydroxylation is 2. The highest BCUT2D eigenvalue weighted by Crippen LogP contribution is 2.33. The molecule has 8 rings (SSSR count). The van der Waals surface area contributed by atoms with E-state index in [4.69, 9.17) is 45.2 Å². The van der Waals surface area contributed by atoms with Crippen LogP contribution in [-0.2, 0) is 19.2 Å². The second kappa shape index (κ2) is 23.2. The highest BCUT2D eigenvalue weighted by Gasteiger charge is 2.16. The number of rotatable bonds is 8. The molecule has 2 heterocycles. The number of ether oxygens (including phenoxy) is 2. The van der Waals surface area contributed by atoms with Crippen molar-refractivity contribution in [1.82, 2.24) is 9.97 Å². The van der Waals surface area contributed by atoms with Crippen LogP contribution in [0.25, 0.3) is 45.0 Å². The second-order valence-corrected chi connectivity index (χ2v) is 13.9. The normalized spacial score (nSPS) is 9.64. The van der Waals surface area contributed by atoms with Crippen LogP contribution in [0.5, 0.6) is 23.0 Å². The number of pyridine rings is 2. The molecular formula is C52H35ClN4O7. The zero-order chi connectivity index (χ0) is 45.8. The van der Waals surface area contributed by atoms with Crippen molar-refractivity contribution in [2.45, 2.75) is 13.8 Å². The summed E-state index contributed by atoms with van der Waals surface area (Å²) in [5.74, 6) is 2.89. The van der Waals surface area contributed by atoms with Crippen LogP contribution < -0.4 is 14.9 Å². The van der Waals surface area contributed by atoms with Gasteiger partial charge < -0.3 is 14.5 Å². The van der Waals surface area contributed by atoms with Gasteiger partial charge in [-0.3, -0.25) is 4.79 Å². The van der Waals surface area contributed by atoms with E-state index in [1.165, 1.54) is 11.6 Å². The van der Waals surface area contributed by atoms with Crippen molar-refractivity contribution in [3.8, 4) is 80.2 Å². The molecule has 0 aliphatic heterocycles. The topological polar surface area (TPSA) is 180 Å². The minimum absolute atomic E-state index is 0.0950. The summed E-state index contributed by atoms with van der Waals surface area (Å²) in [7, 11) is 0. The summed E-state index contributed by atoms with van der Waals surface area (Å²) in [6, 6.07) is 57.2. The molecule has 11 nitrogen and oxygen atoms in total. The largest absolute Gasteiger partial charge is 0.457 e. The van der Waals surface area contributed by atoms with E-state index in [-0.39, 0.29) is 23.3 Å². The minimum atomic E-state index is -0.304. The third-order valence-electron chi connectivity index (χ3n) is 9.16. The van der Waals surface area contributed by atoms with Crippen molar-refractivity contribution < 1.29 is 28.7 Å². The molecule has 0 radical (unpaired) electrons. The fourth-order valence-corrected chi connectivity index (χ4v) is 6.33. The molecule has 0 fully saturated rings. The lowest BCUT2D eigenvalue weighted by Crippen LogP contribution is -2.09. The molecule has 2 aromatic heterocycles. The molecule has 0 saturated heterocycles. The van der Waals surface area contributed by atoms with Gasteiger partial charge in [0.25, 0.3) is 0 Å². The second-order valence-electron chi connectivity index (χ2n) is 13.5. The number of benzene rings is 6. The molecule has 1 N–H and O–H groups in total. The van der Waals surface area contributed by atoms with Crippen LogP contribution in [0.15, 0.2) is 175 Å². The molecule has 312 valence electrons. The first-order valence-electron chi connectivity index (χ1n) is 19.2. The molecule has 6 aromatic carbocycles. The number of halogens is 1. The predicted molar refractivity (Wildman–Crippen MR) is 240 cm³/mol. The molecule has 12 heteroatoms. The Bertz CT molecular complexity index is 3010. The van der Waals surface area contributed by atoms with Crippen molar-refractivity contribution in [2.75, 3.05) is 0 Å². The van der Waals surface area contributed by atoms with Crippen molar-refractivity contribution >= 4 is 23.9 Å². The number of nitrogens with zero attached hydrogens (tertiary/aromatic N) is 3. The summed E-state index contributed by atoms with van der Waals surface area (Å²) < 4.78 is 11.7. The third-order valence-corrected chi connectivity index (χ3v) is 9.46. The van der Waals surface area contributed by atoms with Gasteiger partial charge in [-0.05, 0) is 104 Å². The molecular weight excluding hydrogens is 828 g/mol. The standard InChI is InChI=1S/C25H17ClN2O.C25H18N2O2.2CO2/c1-17-7-9-18(10-8-17)24-15-23(26)22(16-27)25(28-24)19-11-13-21(14-12-19)29-20-5-3-2-4-6-20;1-17-7-9-18(10-8-17)23-15-24(28)22(16-26)25(27-23)19-11-13-21(14-12-19)29-20-5-3-2-4-6-20;2*2-1-3/h2-15H,1H3;2-15H,1H3,(H,27,28);;. The average Bonchev–Trinajstić information content (AvgIpc) is 3.31. The predicted octanol–water partition coefficient (Wildman–Crippen LogP) is 11.6. The Morgan fingerprint density at radius 2 is 0.922 bits per heavy atom. The summed E-state index contributed by atoms with van der Waals surface area (Å²) >= 11 is 6.42. The van der Waals surface area contributed by atoms with Gasteiger partial charge in [-0.15, -0.1) is 0 Å². The average molecular weight is 863 g/mol. The summed E-state index contributed by atoms with van der Waals surface area (Å²) in [4.78, 5) is 53.0. The number of aromatic amines is 1. The summed E-state index contributed by atoms with van der Waals surface area (Å²) in [5.41, 5.74) is 8.31. The van der Waals surface area contributed by atoms with Crippen molar-refractivity contribution in [2.24, 2.45) is 0 Å². The molecule has 0 unspecified atom stereocenters. The van der Waals surface area contributed by atoms with Gasteiger partial charge in [-0.1, -0.05) is 108 Å². The van der Waals surface area contributed by atoms with Crippen LogP contribution >= 0.6 is 11.6 Å². The Morgan fingerprint density at radius 1 is 0.516 bits per heavy atom. The highest BCUT2D eigenvalue weighted by atomic mass is 35.5. The quantitative estimate of drug-likeness (QED) is 0.154. The maximum atomic E-state index is 12.5. The summed E-state index contributed by atoms with van der Waals surface area (Å²) in [6.07, 6.45) is 0.500. The van der Waals surface area contributed by atoms with E-state index in [0.717, 1.165) is 45.0 Å². The van der Waals surface area contributed by atoms with Gasteiger partial charge >= 0.3 is 12.3 Å². The molecule has 8 aromatic rings. The first-order chi connectivity index (χ1) is 31.1. The van der Waals surface area contributed by atoms with Crippen LogP contribution in [0.2, 0.25) is 5.02 Å². The molecule has 0 aliphatic carbocycles. The fraction of sp³-hybridized carbons (Fsp3) is 0.0385. The van der Waals surface area contributed by atoms with Gasteiger partial charge in [0, 0.05) is 22.9 Å². The molecule has 64 heavy (non-hydrogen) atoms. The fourth-order valence-electron chi connectivity index (χ4n) is 6.10. The highest BCUT2D eigenvalue weighted by molar-refractivity contribution is 6.32. The number of carbonyl (C=O) groups excluding carboxylic acids is 4. The Labute approximate surface area is 373 Å². The van der Waals surface area contributed by atoms with Gasteiger partial charge in [-0.2, -0.15) is 29.7 Å². The first kappa shape index (κ1) is 46.1. The number of nitrogens with one attached hydrogen (secondary N) is 1. The Kier molecular flexibility index (Phi) is 16.7. The first-order valence-corrected chi connectivity index (χ1v) is 19.6. The van der Waals surface area contributed by atoms with Crippen molar-refractivity contribution in [3.63, 3.8) is 0 Å². The van der Waals surface area contributed by atoms with Gasteiger partial charge in [0.1, 0.15) is 40.7 Å². The number of hydrogen-bond donors (Lipinski definition) is 1. The van der Waals surface area contributed by atoms with Gasteiger partial charge in [0.15, 0.2) is 0 Å². The zero-order valence-corrected chi connectivity index (χ0v) is 35.0. The maximum Gasteiger partial charge on any atom is 0.373 e. The van der Waals surface area contributed by atoms with E-state index >= 15 is 0 Å². The summed E-state index contributed by atoms with van der Waals surface area (Å²) in [6.45, 7) is 4.04. The zero-order valence-electron chi connectivity index (χ0n) is 34.2. The number of nitriles is 2. The maximum absolute atomic E-state index is 12.5. The number of para-hydroxylation sites is 2. The molecule has 0 saturated carbocycles. The van der Waals surface area contributed by atoms with E-state index < -0.39 is 0 Å². The van der Waals surface area contributed by atoms with Gasteiger partial charge in [-0.25, -0.2) is 4.98 Å². The molecule has 0 aliphatic rings. The Hall–Kier alpha value is -8.95. The van der Waals surface area contributed by atoms with Crippen LogP contribution in [-0.4, -0.2) is 22.3 Å². The molecule has 0 atom stereocenters. The van der Waals surface area contributed by atoms with Crippen LogP contribution in [0, 0.1) is 36.5 Å². The van der Waals surface area contributed by atoms with Crippen molar-refractivity contribution in [3.05, 3.63) is 207 Å². The lowest BCUT2D eigenvalue weighted by atomic mass is 10.0.